The number of rotatable bonds is 4. The molecule has 0 radical (unpaired) electrons. The second kappa shape index (κ2) is 7.08. The number of amides is 1. The molecular formula is C21H30N2O2. The summed E-state index contributed by atoms with van der Waals surface area (Å²) in [7, 11) is 0. The van der Waals surface area contributed by atoms with Crippen molar-refractivity contribution in [1.82, 2.24) is 10.6 Å². The van der Waals surface area contributed by atoms with Crippen molar-refractivity contribution < 1.29 is 9.53 Å². The maximum Gasteiger partial charge on any atom is 0.223 e. The third-order valence-corrected chi connectivity index (χ3v) is 6.49. The van der Waals surface area contributed by atoms with Crippen LogP contribution >= 0.6 is 0 Å². The highest BCUT2D eigenvalue weighted by Gasteiger charge is 2.57. The van der Waals surface area contributed by atoms with Crippen LogP contribution in [0.5, 0.6) is 0 Å². The van der Waals surface area contributed by atoms with Gasteiger partial charge in [-0.25, -0.2) is 0 Å². The first-order valence-corrected chi connectivity index (χ1v) is 9.85. The predicted molar refractivity (Wildman–Crippen MR) is 98.2 cm³/mol. The van der Waals surface area contributed by atoms with Gasteiger partial charge < -0.3 is 15.4 Å². The van der Waals surface area contributed by atoms with Crippen LogP contribution in [0.3, 0.4) is 0 Å². The van der Waals surface area contributed by atoms with Gasteiger partial charge in [0, 0.05) is 25.0 Å². The van der Waals surface area contributed by atoms with Crippen LogP contribution in [-0.2, 0) is 9.53 Å². The van der Waals surface area contributed by atoms with Gasteiger partial charge in [-0.05, 0) is 63.1 Å². The van der Waals surface area contributed by atoms with Crippen LogP contribution in [0, 0.1) is 24.2 Å². The lowest BCUT2D eigenvalue weighted by atomic mass is 9.88. The van der Waals surface area contributed by atoms with Crippen LogP contribution in [0.15, 0.2) is 24.3 Å². The van der Waals surface area contributed by atoms with Crippen molar-refractivity contribution in [3.05, 3.63) is 35.4 Å². The maximum absolute atomic E-state index is 12.6. The number of nitrogens with one attached hydrogen (secondary N) is 2. The molecule has 25 heavy (non-hydrogen) atoms. The van der Waals surface area contributed by atoms with E-state index in [2.05, 4.69) is 41.8 Å². The summed E-state index contributed by atoms with van der Waals surface area (Å²) < 4.78 is 6.08. The topological polar surface area (TPSA) is 50.4 Å². The Hall–Kier alpha value is -1.39. The molecule has 2 saturated heterocycles. The summed E-state index contributed by atoms with van der Waals surface area (Å²) in [4.78, 5) is 12.6. The first kappa shape index (κ1) is 17.0. The smallest absolute Gasteiger partial charge is 0.223 e. The van der Waals surface area contributed by atoms with Crippen LogP contribution in [0.2, 0.25) is 0 Å². The van der Waals surface area contributed by atoms with E-state index in [0.29, 0.717) is 11.3 Å². The van der Waals surface area contributed by atoms with E-state index in [4.69, 9.17) is 4.74 Å². The normalized spacial score (nSPS) is 30.8. The molecule has 3 unspecified atom stereocenters. The van der Waals surface area contributed by atoms with E-state index >= 15 is 0 Å². The van der Waals surface area contributed by atoms with Gasteiger partial charge in [0.2, 0.25) is 5.91 Å². The SMILES string of the molecule is Cc1ccc(C2OCCCC2CNC(=O)C2CC23CCNCC3)cc1. The van der Waals surface area contributed by atoms with E-state index in [0.717, 1.165) is 58.3 Å². The van der Waals surface area contributed by atoms with Gasteiger partial charge in [0.25, 0.3) is 0 Å². The van der Waals surface area contributed by atoms with Crippen LogP contribution in [0.25, 0.3) is 0 Å². The lowest BCUT2D eigenvalue weighted by Gasteiger charge is -2.32. The van der Waals surface area contributed by atoms with Crippen molar-refractivity contribution >= 4 is 5.91 Å². The monoisotopic (exact) mass is 342 g/mol. The molecule has 1 saturated carbocycles. The number of carbonyl (C=O) groups is 1. The van der Waals surface area contributed by atoms with Crippen molar-refractivity contribution in [2.45, 2.75) is 45.1 Å². The van der Waals surface area contributed by atoms with Crippen molar-refractivity contribution in [1.29, 1.82) is 0 Å². The van der Waals surface area contributed by atoms with Gasteiger partial charge in [0.15, 0.2) is 0 Å². The molecule has 3 atom stereocenters. The van der Waals surface area contributed by atoms with Gasteiger partial charge in [0.05, 0.1) is 6.10 Å². The minimum atomic E-state index is 0.113. The minimum Gasteiger partial charge on any atom is -0.373 e. The standard InChI is InChI=1S/C21H30N2O2/c1-15-4-6-16(7-5-15)19-17(3-2-12-25-19)14-23-20(24)18-13-21(18)8-10-22-11-9-21/h4-7,17-19,22H,2-3,8-14H2,1H3,(H,23,24). The van der Waals surface area contributed by atoms with Crippen molar-refractivity contribution in [3.8, 4) is 0 Å². The van der Waals surface area contributed by atoms with Gasteiger partial charge >= 0.3 is 0 Å². The molecule has 3 fully saturated rings. The maximum atomic E-state index is 12.6. The second-order valence-electron chi connectivity index (χ2n) is 8.22. The third kappa shape index (κ3) is 3.61. The molecule has 1 aliphatic carbocycles. The Labute approximate surface area is 150 Å². The van der Waals surface area contributed by atoms with Crippen LogP contribution < -0.4 is 10.6 Å². The summed E-state index contributed by atoms with van der Waals surface area (Å²) in [6.45, 7) is 5.80. The lowest BCUT2D eigenvalue weighted by molar-refractivity contribution is -0.124. The highest BCUT2D eigenvalue weighted by Crippen LogP contribution is 2.58. The summed E-state index contributed by atoms with van der Waals surface area (Å²) in [6.07, 6.45) is 5.72. The largest absolute Gasteiger partial charge is 0.373 e. The van der Waals surface area contributed by atoms with E-state index in [-0.39, 0.29) is 17.9 Å². The molecule has 0 aromatic heterocycles. The Balaban J connectivity index is 1.34. The van der Waals surface area contributed by atoms with Gasteiger partial charge in [0.1, 0.15) is 0 Å². The zero-order valence-corrected chi connectivity index (χ0v) is 15.2. The number of ether oxygens (including phenoxy) is 1. The zero-order chi connectivity index (χ0) is 17.3. The fraction of sp³-hybridized carbons (Fsp3) is 0.667. The van der Waals surface area contributed by atoms with Crippen molar-refractivity contribution in [3.63, 3.8) is 0 Å². The molecule has 0 bridgehead atoms. The molecule has 4 rings (SSSR count). The number of piperidine rings is 1. The number of hydrogen-bond donors (Lipinski definition) is 2. The first-order valence-electron chi connectivity index (χ1n) is 9.85. The molecule has 1 spiro atoms. The fourth-order valence-corrected chi connectivity index (χ4v) is 4.73. The molecule has 2 aliphatic heterocycles. The van der Waals surface area contributed by atoms with Crippen molar-refractivity contribution in [2.75, 3.05) is 26.2 Å². The van der Waals surface area contributed by atoms with Crippen molar-refractivity contribution in [2.24, 2.45) is 17.3 Å². The summed E-state index contributed by atoms with van der Waals surface area (Å²) >= 11 is 0. The molecule has 4 nitrogen and oxygen atoms in total. The van der Waals surface area contributed by atoms with Crippen LogP contribution in [0.4, 0.5) is 0 Å². The molecule has 2 N–H and O–H groups in total. The van der Waals surface area contributed by atoms with E-state index in [1.807, 2.05) is 0 Å². The van der Waals surface area contributed by atoms with Gasteiger partial charge in [-0.1, -0.05) is 29.8 Å². The third-order valence-electron chi connectivity index (χ3n) is 6.49. The Morgan fingerprint density at radius 1 is 1.28 bits per heavy atom. The Morgan fingerprint density at radius 3 is 2.80 bits per heavy atom. The molecule has 1 amide bonds. The van der Waals surface area contributed by atoms with E-state index in [1.165, 1.54) is 11.1 Å². The Kier molecular flexibility index (Phi) is 4.83. The second-order valence-corrected chi connectivity index (χ2v) is 8.22. The van der Waals surface area contributed by atoms with E-state index < -0.39 is 0 Å². The molecule has 4 heteroatoms. The average molecular weight is 342 g/mol. The summed E-state index contributed by atoms with van der Waals surface area (Å²) in [5, 5.41) is 6.66. The molecular weight excluding hydrogens is 312 g/mol. The molecule has 1 aromatic rings. The number of carbonyl (C=O) groups excluding carboxylic acids is 1. The van der Waals surface area contributed by atoms with Crippen LogP contribution in [0.1, 0.15) is 49.3 Å². The lowest BCUT2D eigenvalue weighted by Crippen LogP contribution is -2.38. The molecule has 3 aliphatic rings. The fourth-order valence-electron chi connectivity index (χ4n) is 4.73. The highest BCUT2D eigenvalue weighted by molar-refractivity contribution is 5.82. The molecule has 1 aromatic carbocycles. The van der Waals surface area contributed by atoms with Crippen LogP contribution in [-0.4, -0.2) is 32.1 Å². The summed E-state index contributed by atoms with van der Waals surface area (Å²) in [6, 6.07) is 8.64. The Bertz CT molecular complexity index is 607. The van der Waals surface area contributed by atoms with E-state index in [9.17, 15) is 4.79 Å². The van der Waals surface area contributed by atoms with Gasteiger partial charge in [-0.2, -0.15) is 0 Å². The molecule has 136 valence electrons. The highest BCUT2D eigenvalue weighted by atomic mass is 16.5. The van der Waals surface area contributed by atoms with E-state index in [1.54, 1.807) is 0 Å². The summed E-state index contributed by atoms with van der Waals surface area (Å²) in [5.41, 5.74) is 2.82. The first-order chi connectivity index (χ1) is 12.2. The summed E-state index contributed by atoms with van der Waals surface area (Å²) in [5.74, 6) is 0.898. The van der Waals surface area contributed by atoms with Gasteiger partial charge in [-0.3, -0.25) is 4.79 Å². The zero-order valence-electron chi connectivity index (χ0n) is 15.2. The quantitative estimate of drug-likeness (QED) is 0.884. The molecule has 2 heterocycles. The van der Waals surface area contributed by atoms with Gasteiger partial charge in [-0.15, -0.1) is 0 Å². The number of benzene rings is 1. The number of aryl methyl sites for hydroxylation is 1. The predicted octanol–water partition coefficient (Wildman–Crippen LogP) is 2.97. The average Bonchev–Trinajstić information content (AvgIpc) is 3.34. The minimum absolute atomic E-state index is 0.113. The number of hydrogen-bond acceptors (Lipinski definition) is 3. The Morgan fingerprint density at radius 2 is 2.04 bits per heavy atom.